The molecule has 1 atom stereocenters. The fraction of sp³-hybridized carbons (Fsp3) is 0.368. The minimum Gasteiger partial charge on any atom is -0.497 e. The van der Waals surface area contributed by atoms with E-state index < -0.39 is 0 Å². The van der Waals surface area contributed by atoms with Crippen molar-refractivity contribution in [3.63, 3.8) is 0 Å². The Bertz CT molecular complexity index is 862. The third-order valence-corrected chi connectivity index (χ3v) is 4.42. The van der Waals surface area contributed by atoms with Crippen molar-refractivity contribution in [3.05, 3.63) is 53.5 Å². The first-order valence-electron chi connectivity index (χ1n) is 8.45. The lowest BCUT2D eigenvalue weighted by atomic mass is 10.1. The average Bonchev–Trinajstić information content (AvgIpc) is 3.35. The second-order valence-electron chi connectivity index (χ2n) is 6.27. The van der Waals surface area contributed by atoms with Crippen molar-refractivity contribution in [1.29, 1.82) is 0 Å². The van der Waals surface area contributed by atoms with Crippen LogP contribution in [0.15, 0.2) is 40.8 Å². The fourth-order valence-corrected chi connectivity index (χ4v) is 3.11. The first kappa shape index (κ1) is 15.9. The highest BCUT2D eigenvalue weighted by atomic mass is 16.5. The molecule has 6 nitrogen and oxygen atoms in total. The van der Waals surface area contributed by atoms with Crippen LogP contribution in [0, 0.1) is 6.92 Å². The van der Waals surface area contributed by atoms with Crippen LogP contribution in [-0.4, -0.2) is 35.1 Å². The lowest BCUT2D eigenvalue weighted by Gasteiger charge is -2.10. The van der Waals surface area contributed by atoms with E-state index in [1.54, 1.807) is 7.11 Å². The predicted molar refractivity (Wildman–Crippen MR) is 92.7 cm³/mol. The Hall–Kier alpha value is -2.60. The minimum atomic E-state index is 0.267. The fourth-order valence-electron chi connectivity index (χ4n) is 3.11. The Morgan fingerprint density at radius 2 is 2.20 bits per heavy atom. The molecule has 2 aromatic heterocycles. The molecule has 0 radical (unpaired) electrons. The summed E-state index contributed by atoms with van der Waals surface area (Å²) in [5, 5.41) is 4.70. The summed E-state index contributed by atoms with van der Waals surface area (Å²) in [5.74, 6) is 4.22. The molecule has 0 amide bonds. The number of methoxy groups -OCH3 is 1. The lowest BCUT2D eigenvalue weighted by molar-refractivity contribution is 0.192. The molecule has 1 saturated heterocycles. The quantitative estimate of drug-likeness (QED) is 0.713. The zero-order chi connectivity index (χ0) is 17.2. The van der Waals surface area contributed by atoms with Crippen molar-refractivity contribution in [3.8, 4) is 17.3 Å². The van der Waals surface area contributed by atoms with Gasteiger partial charge in [-0.3, -0.25) is 0 Å². The van der Waals surface area contributed by atoms with Gasteiger partial charge < -0.3 is 13.9 Å². The molecule has 0 spiro atoms. The van der Waals surface area contributed by atoms with Gasteiger partial charge in [-0.15, -0.1) is 5.10 Å². The standard InChI is InChI=1S/C19H21N3O3/c1-13-6-7-17(25-13)18-20-19(15-8-9-24-12-15)22(21-18)11-14-4-3-5-16(10-14)23-2/h3-7,10,15H,8-9,11-12H2,1-2H3/t15-/m0/s1. The molecular formula is C19H21N3O3. The van der Waals surface area contributed by atoms with E-state index in [2.05, 4.69) is 6.07 Å². The largest absolute Gasteiger partial charge is 0.497 e. The molecule has 6 heteroatoms. The number of benzene rings is 1. The van der Waals surface area contributed by atoms with E-state index in [9.17, 15) is 0 Å². The van der Waals surface area contributed by atoms with Gasteiger partial charge in [0.2, 0.25) is 5.82 Å². The molecule has 130 valence electrons. The van der Waals surface area contributed by atoms with Gasteiger partial charge in [-0.2, -0.15) is 0 Å². The van der Waals surface area contributed by atoms with Gasteiger partial charge in [-0.1, -0.05) is 12.1 Å². The van der Waals surface area contributed by atoms with Gasteiger partial charge in [0.25, 0.3) is 0 Å². The Balaban J connectivity index is 1.69. The number of ether oxygens (including phenoxy) is 2. The van der Waals surface area contributed by atoms with Gasteiger partial charge in [0.05, 0.1) is 20.3 Å². The van der Waals surface area contributed by atoms with Crippen LogP contribution in [0.2, 0.25) is 0 Å². The van der Waals surface area contributed by atoms with Gasteiger partial charge in [-0.05, 0) is 43.2 Å². The maximum Gasteiger partial charge on any atom is 0.217 e. The van der Waals surface area contributed by atoms with Crippen LogP contribution < -0.4 is 4.74 Å². The second kappa shape index (κ2) is 6.72. The highest BCUT2D eigenvalue weighted by molar-refractivity contribution is 5.46. The van der Waals surface area contributed by atoms with E-state index in [4.69, 9.17) is 24.0 Å². The van der Waals surface area contributed by atoms with Crippen LogP contribution >= 0.6 is 0 Å². The number of rotatable bonds is 5. The highest BCUT2D eigenvalue weighted by Crippen LogP contribution is 2.28. The number of nitrogens with zero attached hydrogens (tertiary/aromatic N) is 3. The van der Waals surface area contributed by atoms with Crippen LogP contribution in [0.1, 0.15) is 29.5 Å². The third-order valence-electron chi connectivity index (χ3n) is 4.42. The van der Waals surface area contributed by atoms with E-state index in [0.717, 1.165) is 35.9 Å². The average molecular weight is 339 g/mol. The van der Waals surface area contributed by atoms with Crippen molar-refractivity contribution >= 4 is 0 Å². The van der Waals surface area contributed by atoms with Gasteiger partial charge in [0, 0.05) is 12.5 Å². The molecule has 0 bridgehead atoms. The first-order valence-corrected chi connectivity index (χ1v) is 8.45. The molecule has 0 unspecified atom stereocenters. The summed E-state index contributed by atoms with van der Waals surface area (Å²) in [6.07, 6.45) is 0.966. The predicted octanol–water partition coefficient (Wildman–Crippen LogP) is 3.41. The molecular weight excluding hydrogens is 318 g/mol. The maximum atomic E-state index is 5.70. The molecule has 1 aliphatic rings. The van der Waals surface area contributed by atoms with Crippen LogP contribution in [0.4, 0.5) is 0 Å². The van der Waals surface area contributed by atoms with Crippen LogP contribution in [-0.2, 0) is 11.3 Å². The summed E-state index contributed by atoms with van der Waals surface area (Å²) in [5.41, 5.74) is 1.12. The number of aromatic nitrogens is 3. The van der Waals surface area contributed by atoms with Gasteiger partial charge in [-0.25, -0.2) is 9.67 Å². The van der Waals surface area contributed by atoms with Crippen molar-refractivity contribution in [1.82, 2.24) is 14.8 Å². The highest BCUT2D eigenvalue weighted by Gasteiger charge is 2.25. The zero-order valence-corrected chi connectivity index (χ0v) is 14.4. The molecule has 1 fully saturated rings. The van der Waals surface area contributed by atoms with E-state index in [1.807, 2.05) is 41.9 Å². The molecule has 3 heterocycles. The minimum absolute atomic E-state index is 0.267. The molecule has 1 aromatic carbocycles. The summed E-state index contributed by atoms with van der Waals surface area (Å²) in [6, 6.07) is 11.9. The van der Waals surface area contributed by atoms with E-state index in [0.29, 0.717) is 24.7 Å². The molecule has 0 saturated carbocycles. The van der Waals surface area contributed by atoms with E-state index in [-0.39, 0.29) is 5.92 Å². The molecule has 25 heavy (non-hydrogen) atoms. The normalized spacial score (nSPS) is 17.1. The summed E-state index contributed by atoms with van der Waals surface area (Å²) in [7, 11) is 1.67. The topological polar surface area (TPSA) is 62.3 Å². The van der Waals surface area contributed by atoms with Gasteiger partial charge in [0.15, 0.2) is 5.76 Å². The molecule has 0 aliphatic carbocycles. The molecule has 4 rings (SSSR count). The number of hydrogen-bond acceptors (Lipinski definition) is 5. The monoisotopic (exact) mass is 339 g/mol. The first-order chi connectivity index (χ1) is 12.2. The number of aryl methyl sites for hydroxylation is 1. The molecule has 1 aliphatic heterocycles. The Morgan fingerprint density at radius 3 is 2.92 bits per heavy atom. The van der Waals surface area contributed by atoms with Crippen LogP contribution in [0.3, 0.4) is 0 Å². The SMILES string of the molecule is COc1cccc(Cn2nc(-c3ccc(C)o3)nc2[C@H]2CCOC2)c1. The van der Waals surface area contributed by atoms with Crippen LogP contribution in [0.25, 0.3) is 11.6 Å². The third kappa shape index (κ3) is 3.30. The molecule has 3 aromatic rings. The smallest absolute Gasteiger partial charge is 0.217 e. The van der Waals surface area contributed by atoms with E-state index >= 15 is 0 Å². The Labute approximate surface area is 146 Å². The van der Waals surface area contributed by atoms with Crippen molar-refractivity contribution in [2.75, 3.05) is 20.3 Å². The van der Waals surface area contributed by atoms with Gasteiger partial charge >= 0.3 is 0 Å². The number of hydrogen-bond donors (Lipinski definition) is 0. The lowest BCUT2D eigenvalue weighted by Crippen LogP contribution is -2.11. The van der Waals surface area contributed by atoms with Crippen molar-refractivity contribution in [2.45, 2.75) is 25.8 Å². The second-order valence-corrected chi connectivity index (χ2v) is 6.27. The summed E-state index contributed by atoms with van der Waals surface area (Å²) >= 11 is 0. The Morgan fingerprint density at radius 1 is 1.28 bits per heavy atom. The van der Waals surface area contributed by atoms with Crippen molar-refractivity contribution in [2.24, 2.45) is 0 Å². The summed E-state index contributed by atoms with van der Waals surface area (Å²) in [6.45, 7) is 4.01. The number of furan rings is 1. The summed E-state index contributed by atoms with van der Waals surface area (Å²) in [4.78, 5) is 4.76. The molecule has 0 N–H and O–H groups in total. The van der Waals surface area contributed by atoms with Crippen LogP contribution in [0.5, 0.6) is 5.75 Å². The zero-order valence-electron chi connectivity index (χ0n) is 14.4. The Kier molecular flexibility index (Phi) is 4.28. The maximum absolute atomic E-state index is 5.70. The summed E-state index contributed by atoms with van der Waals surface area (Å²) < 4.78 is 18.5. The van der Waals surface area contributed by atoms with Gasteiger partial charge in [0.1, 0.15) is 17.3 Å². The van der Waals surface area contributed by atoms with E-state index in [1.165, 1.54) is 0 Å². The van der Waals surface area contributed by atoms with Crippen molar-refractivity contribution < 1.29 is 13.9 Å².